The second kappa shape index (κ2) is 10.5. The highest BCUT2D eigenvalue weighted by Gasteiger charge is 2.10. The number of hydrogen-bond donors (Lipinski definition) is 3. The van der Waals surface area contributed by atoms with Gasteiger partial charge in [0.25, 0.3) is 5.91 Å². The van der Waals surface area contributed by atoms with Crippen LogP contribution in [0.2, 0.25) is 0 Å². The van der Waals surface area contributed by atoms with Crippen LogP contribution in [0.5, 0.6) is 0 Å². The summed E-state index contributed by atoms with van der Waals surface area (Å²) in [7, 11) is 6.03. The van der Waals surface area contributed by atoms with Gasteiger partial charge in [-0.05, 0) is 78.9 Å². The van der Waals surface area contributed by atoms with Crippen molar-refractivity contribution in [1.29, 1.82) is 0 Å². The minimum absolute atomic E-state index is 0.106. The maximum Gasteiger partial charge on any atom is 0.255 e. The highest BCUT2D eigenvalue weighted by atomic mass is 16.1. The SMILES string of the molecule is CN1C=CC(Nc2cccc(NC(=O)c3ccc(Nc4ccnc5ccc(N(C)C)cc45)cc3)c2)C=C1. The lowest BCUT2D eigenvalue weighted by atomic mass is 10.1. The molecule has 0 spiro atoms. The van der Waals surface area contributed by atoms with E-state index in [1.807, 2.05) is 99.1 Å². The number of nitrogens with zero attached hydrogens (tertiary/aromatic N) is 3. The fourth-order valence-electron chi connectivity index (χ4n) is 4.13. The summed E-state index contributed by atoms with van der Waals surface area (Å²) in [5, 5.41) is 10.9. The third-order valence-corrected chi connectivity index (χ3v) is 6.18. The molecule has 1 aromatic heterocycles. The lowest BCUT2D eigenvalue weighted by molar-refractivity contribution is 0.102. The first-order valence-corrected chi connectivity index (χ1v) is 12.1. The molecule has 0 radical (unpaired) electrons. The smallest absolute Gasteiger partial charge is 0.255 e. The van der Waals surface area contributed by atoms with Crippen LogP contribution in [0.4, 0.5) is 28.4 Å². The van der Waals surface area contributed by atoms with E-state index in [4.69, 9.17) is 0 Å². The summed E-state index contributed by atoms with van der Waals surface area (Å²) in [6, 6.07) is 23.5. The molecule has 7 nitrogen and oxygen atoms in total. The minimum atomic E-state index is -0.159. The number of anilines is 5. The Bertz CT molecular complexity index is 1460. The van der Waals surface area contributed by atoms with E-state index >= 15 is 0 Å². The monoisotopic (exact) mass is 490 g/mol. The summed E-state index contributed by atoms with van der Waals surface area (Å²) in [5.41, 5.74) is 6.13. The van der Waals surface area contributed by atoms with Gasteiger partial charge in [-0.25, -0.2) is 0 Å². The molecule has 0 bridgehead atoms. The lowest BCUT2D eigenvalue weighted by Crippen LogP contribution is -2.19. The van der Waals surface area contributed by atoms with Crippen LogP contribution in [0.3, 0.4) is 0 Å². The Morgan fingerprint density at radius 2 is 1.65 bits per heavy atom. The fraction of sp³-hybridized carbons (Fsp3) is 0.133. The Hall–Kier alpha value is -4.78. The summed E-state index contributed by atoms with van der Waals surface area (Å²) in [6.07, 6.45) is 9.98. The molecule has 1 aliphatic rings. The molecular weight excluding hydrogens is 460 g/mol. The van der Waals surface area contributed by atoms with Gasteiger partial charge >= 0.3 is 0 Å². The van der Waals surface area contributed by atoms with E-state index in [0.717, 1.165) is 39.3 Å². The lowest BCUT2D eigenvalue weighted by Gasteiger charge is -2.19. The first kappa shape index (κ1) is 23.9. The van der Waals surface area contributed by atoms with Gasteiger partial charge in [-0.3, -0.25) is 9.78 Å². The number of nitrogens with one attached hydrogen (secondary N) is 3. The first-order valence-electron chi connectivity index (χ1n) is 12.1. The van der Waals surface area contributed by atoms with Crippen molar-refractivity contribution in [3.63, 3.8) is 0 Å². The summed E-state index contributed by atoms with van der Waals surface area (Å²) < 4.78 is 0. The quantitative estimate of drug-likeness (QED) is 0.293. The molecule has 2 heterocycles. The van der Waals surface area contributed by atoms with Crippen molar-refractivity contribution < 1.29 is 4.79 Å². The van der Waals surface area contributed by atoms with Crippen molar-refractivity contribution in [1.82, 2.24) is 9.88 Å². The number of aromatic nitrogens is 1. The molecule has 3 aromatic carbocycles. The molecule has 0 fully saturated rings. The number of rotatable bonds is 7. The van der Waals surface area contributed by atoms with Gasteiger partial charge in [0.2, 0.25) is 0 Å². The van der Waals surface area contributed by atoms with Gasteiger partial charge in [-0.1, -0.05) is 6.07 Å². The van der Waals surface area contributed by atoms with Crippen LogP contribution >= 0.6 is 0 Å². The molecule has 1 amide bonds. The number of carbonyl (C=O) groups excluding carboxylic acids is 1. The molecule has 0 saturated heterocycles. The number of amides is 1. The molecule has 5 rings (SSSR count). The van der Waals surface area contributed by atoms with Crippen molar-refractivity contribution in [3.05, 3.63) is 109 Å². The van der Waals surface area contributed by atoms with Gasteiger partial charge in [-0.2, -0.15) is 0 Å². The molecule has 0 unspecified atom stereocenters. The van der Waals surface area contributed by atoms with E-state index in [0.29, 0.717) is 5.56 Å². The predicted molar refractivity (Wildman–Crippen MR) is 154 cm³/mol. The largest absolute Gasteiger partial charge is 0.378 e. The molecule has 1 aliphatic heterocycles. The van der Waals surface area contributed by atoms with Crippen LogP contribution in [0.25, 0.3) is 10.9 Å². The number of carbonyl (C=O) groups is 1. The Kier molecular flexibility index (Phi) is 6.76. The van der Waals surface area contributed by atoms with Gasteiger partial charge in [0.15, 0.2) is 0 Å². The van der Waals surface area contributed by atoms with Crippen molar-refractivity contribution >= 4 is 45.2 Å². The van der Waals surface area contributed by atoms with Crippen molar-refractivity contribution in [2.24, 2.45) is 0 Å². The zero-order valence-corrected chi connectivity index (χ0v) is 21.1. The highest BCUT2D eigenvalue weighted by Crippen LogP contribution is 2.28. The van der Waals surface area contributed by atoms with E-state index < -0.39 is 0 Å². The molecule has 0 saturated carbocycles. The molecule has 3 N–H and O–H groups in total. The zero-order valence-electron chi connectivity index (χ0n) is 21.1. The van der Waals surface area contributed by atoms with Gasteiger partial charge in [0.05, 0.1) is 11.6 Å². The second-order valence-electron chi connectivity index (χ2n) is 9.21. The molecule has 186 valence electrons. The Morgan fingerprint density at radius 3 is 2.41 bits per heavy atom. The van der Waals surface area contributed by atoms with Crippen LogP contribution in [0.1, 0.15) is 10.4 Å². The van der Waals surface area contributed by atoms with E-state index in [1.54, 1.807) is 6.20 Å². The fourth-order valence-corrected chi connectivity index (χ4v) is 4.13. The summed E-state index contributed by atoms with van der Waals surface area (Å²) in [5.74, 6) is -0.159. The van der Waals surface area contributed by atoms with E-state index in [-0.39, 0.29) is 11.9 Å². The molecule has 7 heteroatoms. The maximum atomic E-state index is 12.9. The van der Waals surface area contributed by atoms with Crippen molar-refractivity contribution in [3.8, 4) is 0 Å². The Balaban J connectivity index is 1.26. The Labute approximate surface area is 217 Å². The molecule has 37 heavy (non-hydrogen) atoms. The van der Waals surface area contributed by atoms with Crippen LogP contribution in [-0.4, -0.2) is 43.0 Å². The standard InChI is InChI=1S/C30H30N6O/c1-35(2)26-11-12-28-27(20-26)29(13-16-31-28)33-22-9-7-21(8-10-22)30(37)34-25-6-4-5-24(19-25)32-23-14-17-36(3)18-15-23/h4-20,23,32H,1-3H3,(H,31,33)(H,34,37). The third-order valence-electron chi connectivity index (χ3n) is 6.18. The van der Waals surface area contributed by atoms with E-state index in [1.165, 1.54) is 0 Å². The third kappa shape index (κ3) is 5.73. The van der Waals surface area contributed by atoms with Gasteiger partial charge < -0.3 is 25.8 Å². The van der Waals surface area contributed by atoms with Crippen LogP contribution in [0.15, 0.2) is 104 Å². The molecule has 4 aromatic rings. The highest BCUT2D eigenvalue weighted by molar-refractivity contribution is 6.04. The van der Waals surface area contributed by atoms with Gasteiger partial charge in [0, 0.05) is 79.1 Å². The number of pyridine rings is 1. The van der Waals surface area contributed by atoms with Gasteiger partial charge in [0.1, 0.15) is 0 Å². The summed E-state index contributed by atoms with van der Waals surface area (Å²) >= 11 is 0. The number of benzene rings is 3. The van der Waals surface area contributed by atoms with E-state index in [9.17, 15) is 4.79 Å². The minimum Gasteiger partial charge on any atom is -0.378 e. The molecular formula is C30H30N6O. The van der Waals surface area contributed by atoms with Crippen LogP contribution < -0.4 is 20.9 Å². The Morgan fingerprint density at radius 1 is 0.892 bits per heavy atom. The topological polar surface area (TPSA) is 72.5 Å². The maximum absolute atomic E-state index is 12.9. The predicted octanol–water partition coefficient (Wildman–Crippen LogP) is 6.05. The summed E-state index contributed by atoms with van der Waals surface area (Å²) in [6.45, 7) is 0. The van der Waals surface area contributed by atoms with Crippen molar-refractivity contribution in [2.45, 2.75) is 6.04 Å². The van der Waals surface area contributed by atoms with Crippen LogP contribution in [0, 0.1) is 0 Å². The normalized spacial score (nSPS) is 13.0. The molecule has 0 atom stereocenters. The zero-order chi connectivity index (χ0) is 25.8. The van der Waals surface area contributed by atoms with E-state index in [2.05, 4.69) is 50.1 Å². The van der Waals surface area contributed by atoms with Gasteiger partial charge in [-0.15, -0.1) is 0 Å². The number of hydrogen-bond acceptors (Lipinski definition) is 6. The van der Waals surface area contributed by atoms with Crippen LogP contribution in [-0.2, 0) is 0 Å². The second-order valence-corrected chi connectivity index (χ2v) is 9.21. The molecule has 0 aliphatic carbocycles. The first-order chi connectivity index (χ1) is 17.9. The average Bonchev–Trinajstić information content (AvgIpc) is 2.90. The average molecular weight is 491 g/mol. The summed E-state index contributed by atoms with van der Waals surface area (Å²) in [4.78, 5) is 21.4. The number of fused-ring (bicyclic) bond motifs is 1. The van der Waals surface area contributed by atoms with Crippen molar-refractivity contribution in [2.75, 3.05) is 42.0 Å².